The fourth-order valence-electron chi connectivity index (χ4n) is 2.15. The number of anilines is 1. The van der Waals surface area contributed by atoms with E-state index in [2.05, 4.69) is 17.3 Å². The van der Waals surface area contributed by atoms with E-state index in [4.69, 9.17) is 0 Å². The molecule has 0 radical (unpaired) electrons. The average Bonchev–Trinajstić information content (AvgIpc) is 2.74. The van der Waals surface area contributed by atoms with Crippen molar-refractivity contribution in [2.24, 2.45) is 0 Å². The Morgan fingerprint density at radius 2 is 2.32 bits per heavy atom. The first-order valence-corrected chi connectivity index (χ1v) is 6.73. The standard InChI is InChI=1S/C13H20N4O2/c1-3-4-6-14-11(18)9-16-12-8-10(2)15-17(12)7-5-13(16)19/h8H,3-7,9H2,1-2H3,(H,14,18). The van der Waals surface area contributed by atoms with Crippen LogP contribution >= 0.6 is 0 Å². The molecule has 6 nitrogen and oxygen atoms in total. The Labute approximate surface area is 112 Å². The lowest BCUT2D eigenvalue weighted by Gasteiger charge is -2.26. The SMILES string of the molecule is CCCCNC(=O)CN1C(=O)CCn2nc(C)cc21. The third-order valence-electron chi connectivity index (χ3n) is 3.15. The second-order valence-corrected chi connectivity index (χ2v) is 4.80. The number of amides is 2. The molecule has 0 unspecified atom stereocenters. The van der Waals surface area contributed by atoms with Gasteiger partial charge in [0.15, 0.2) is 0 Å². The number of nitrogens with zero attached hydrogens (tertiary/aromatic N) is 3. The molecule has 0 atom stereocenters. The molecule has 2 rings (SSSR count). The molecule has 19 heavy (non-hydrogen) atoms. The average molecular weight is 264 g/mol. The number of aromatic nitrogens is 2. The Morgan fingerprint density at radius 1 is 1.53 bits per heavy atom. The minimum Gasteiger partial charge on any atom is -0.355 e. The summed E-state index contributed by atoms with van der Waals surface area (Å²) in [6.07, 6.45) is 2.39. The Hall–Kier alpha value is -1.85. The molecule has 1 aromatic rings. The van der Waals surface area contributed by atoms with Gasteiger partial charge >= 0.3 is 0 Å². The number of carbonyl (C=O) groups excluding carboxylic acids is 2. The molecule has 0 saturated heterocycles. The highest BCUT2D eigenvalue weighted by atomic mass is 16.2. The van der Waals surface area contributed by atoms with Crippen LogP contribution in [0.1, 0.15) is 31.9 Å². The summed E-state index contributed by atoms with van der Waals surface area (Å²) in [6, 6.07) is 1.84. The van der Waals surface area contributed by atoms with Gasteiger partial charge in [-0.1, -0.05) is 13.3 Å². The number of hydrogen-bond acceptors (Lipinski definition) is 3. The molecule has 0 aromatic carbocycles. The first-order chi connectivity index (χ1) is 9.11. The second-order valence-electron chi connectivity index (χ2n) is 4.80. The first kappa shape index (κ1) is 13.6. The number of fused-ring (bicyclic) bond motifs is 1. The summed E-state index contributed by atoms with van der Waals surface area (Å²) in [5.41, 5.74) is 0.862. The Bertz CT molecular complexity index is 481. The van der Waals surface area contributed by atoms with Gasteiger partial charge in [0.1, 0.15) is 12.4 Å². The quantitative estimate of drug-likeness (QED) is 0.801. The van der Waals surface area contributed by atoms with Gasteiger partial charge in [0.2, 0.25) is 11.8 Å². The van der Waals surface area contributed by atoms with E-state index < -0.39 is 0 Å². The molecule has 0 spiro atoms. The molecule has 6 heteroatoms. The van der Waals surface area contributed by atoms with Gasteiger partial charge in [0.25, 0.3) is 0 Å². The molecule has 1 aliphatic heterocycles. The van der Waals surface area contributed by atoms with Gasteiger partial charge in [0, 0.05) is 19.0 Å². The van der Waals surface area contributed by atoms with Crippen LogP contribution in [0, 0.1) is 6.92 Å². The van der Waals surface area contributed by atoms with E-state index >= 15 is 0 Å². The predicted octanol–water partition coefficient (Wildman–Crippen LogP) is 0.845. The van der Waals surface area contributed by atoms with Gasteiger partial charge in [0.05, 0.1) is 12.2 Å². The predicted molar refractivity (Wildman–Crippen MR) is 71.9 cm³/mol. The smallest absolute Gasteiger partial charge is 0.240 e. The molecule has 1 aromatic heterocycles. The van der Waals surface area contributed by atoms with E-state index in [9.17, 15) is 9.59 Å². The fraction of sp³-hybridized carbons (Fsp3) is 0.615. The van der Waals surface area contributed by atoms with Crippen LogP contribution in [0.5, 0.6) is 0 Å². The van der Waals surface area contributed by atoms with Crippen LogP contribution in [0.2, 0.25) is 0 Å². The van der Waals surface area contributed by atoms with Crippen molar-refractivity contribution in [3.63, 3.8) is 0 Å². The van der Waals surface area contributed by atoms with Crippen molar-refractivity contribution in [3.05, 3.63) is 11.8 Å². The maximum absolute atomic E-state index is 11.9. The van der Waals surface area contributed by atoms with Gasteiger partial charge in [-0.15, -0.1) is 0 Å². The number of aryl methyl sites for hydroxylation is 2. The van der Waals surface area contributed by atoms with Crippen molar-refractivity contribution in [1.82, 2.24) is 15.1 Å². The lowest BCUT2D eigenvalue weighted by atomic mass is 10.2. The number of carbonyl (C=O) groups is 2. The molecule has 104 valence electrons. The number of hydrogen-bond donors (Lipinski definition) is 1. The van der Waals surface area contributed by atoms with Crippen LogP contribution in [0.15, 0.2) is 6.07 Å². The third kappa shape index (κ3) is 3.13. The zero-order chi connectivity index (χ0) is 13.8. The Morgan fingerprint density at radius 3 is 3.05 bits per heavy atom. The number of rotatable bonds is 5. The summed E-state index contributed by atoms with van der Waals surface area (Å²) in [6.45, 7) is 5.29. The van der Waals surface area contributed by atoms with Crippen molar-refractivity contribution < 1.29 is 9.59 Å². The van der Waals surface area contributed by atoms with Crippen LogP contribution < -0.4 is 10.2 Å². The van der Waals surface area contributed by atoms with Crippen molar-refractivity contribution in [2.45, 2.75) is 39.7 Å². The van der Waals surface area contributed by atoms with E-state index in [0.29, 0.717) is 19.5 Å². The van der Waals surface area contributed by atoms with Crippen LogP contribution in [-0.4, -0.2) is 34.7 Å². The molecule has 0 fully saturated rings. The highest BCUT2D eigenvalue weighted by Gasteiger charge is 2.27. The largest absolute Gasteiger partial charge is 0.355 e. The zero-order valence-corrected chi connectivity index (χ0v) is 11.5. The normalized spacial score (nSPS) is 14.4. The molecule has 2 amide bonds. The van der Waals surface area contributed by atoms with Crippen LogP contribution in [-0.2, 0) is 16.1 Å². The topological polar surface area (TPSA) is 67.2 Å². The molecule has 1 aliphatic rings. The summed E-state index contributed by atoms with van der Waals surface area (Å²) >= 11 is 0. The minimum atomic E-state index is -0.117. The van der Waals surface area contributed by atoms with E-state index in [1.807, 2.05) is 13.0 Å². The molecule has 2 heterocycles. The summed E-state index contributed by atoms with van der Waals surface area (Å²) in [4.78, 5) is 25.3. The van der Waals surface area contributed by atoms with Gasteiger partial charge in [-0.05, 0) is 13.3 Å². The van der Waals surface area contributed by atoms with Crippen LogP contribution in [0.4, 0.5) is 5.82 Å². The second kappa shape index (κ2) is 5.86. The highest BCUT2D eigenvalue weighted by molar-refractivity contribution is 5.98. The molecule has 0 bridgehead atoms. The zero-order valence-electron chi connectivity index (χ0n) is 11.5. The molecule has 0 aliphatic carbocycles. The summed E-state index contributed by atoms with van der Waals surface area (Å²) < 4.78 is 1.79. The summed E-state index contributed by atoms with van der Waals surface area (Å²) in [5.74, 6) is 0.589. The Kier molecular flexibility index (Phi) is 4.19. The van der Waals surface area contributed by atoms with Crippen molar-refractivity contribution >= 4 is 17.6 Å². The maximum Gasteiger partial charge on any atom is 0.240 e. The molecular formula is C13H20N4O2. The molecule has 1 N–H and O–H groups in total. The number of nitrogens with one attached hydrogen (secondary N) is 1. The van der Waals surface area contributed by atoms with E-state index in [1.54, 1.807) is 4.68 Å². The van der Waals surface area contributed by atoms with Gasteiger partial charge in [-0.3, -0.25) is 14.5 Å². The monoisotopic (exact) mass is 264 g/mol. The Balaban J connectivity index is 2.02. The minimum absolute atomic E-state index is 0.0157. The maximum atomic E-state index is 11.9. The van der Waals surface area contributed by atoms with Gasteiger partial charge in [-0.2, -0.15) is 5.10 Å². The van der Waals surface area contributed by atoms with Crippen LogP contribution in [0.25, 0.3) is 0 Å². The van der Waals surface area contributed by atoms with Crippen LogP contribution in [0.3, 0.4) is 0 Å². The lowest BCUT2D eigenvalue weighted by molar-refractivity contribution is -0.124. The highest BCUT2D eigenvalue weighted by Crippen LogP contribution is 2.21. The van der Waals surface area contributed by atoms with Gasteiger partial charge < -0.3 is 5.32 Å². The molecule has 0 saturated carbocycles. The van der Waals surface area contributed by atoms with E-state index in [0.717, 1.165) is 24.4 Å². The third-order valence-corrected chi connectivity index (χ3v) is 3.15. The fourth-order valence-corrected chi connectivity index (χ4v) is 2.15. The summed E-state index contributed by atoms with van der Waals surface area (Å²) in [5, 5.41) is 7.14. The van der Waals surface area contributed by atoms with E-state index in [-0.39, 0.29) is 18.4 Å². The van der Waals surface area contributed by atoms with Crippen molar-refractivity contribution in [3.8, 4) is 0 Å². The molecular weight excluding hydrogens is 244 g/mol. The van der Waals surface area contributed by atoms with Crippen molar-refractivity contribution in [1.29, 1.82) is 0 Å². The summed E-state index contributed by atoms with van der Waals surface area (Å²) in [7, 11) is 0. The first-order valence-electron chi connectivity index (χ1n) is 6.73. The number of unbranched alkanes of at least 4 members (excludes halogenated alkanes) is 1. The van der Waals surface area contributed by atoms with Crippen molar-refractivity contribution in [2.75, 3.05) is 18.0 Å². The lowest BCUT2D eigenvalue weighted by Crippen LogP contribution is -2.44. The van der Waals surface area contributed by atoms with Gasteiger partial charge in [-0.25, -0.2) is 4.68 Å². The van der Waals surface area contributed by atoms with E-state index in [1.165, 1.54) is 4.90 Å².